The molecule has 0 aliphatic carbocycles. The number of carbonyl (C=O) groups excluding carboxylic acids is 1. The van der Waals surface area contributed by atoms with Crippen LogP contribution in [0.15, 0.2) is 40.2 Å². The van der Waals surface area contributed by atoms with Crippen LogP contribution in [0.1, 0.15) is 28.9 Å². The highest BCUT2D eigenvalue weighted by atomic mass is 16.5. The van der Waals surface area contributed by atoms with E-state index in [1.54, 1.807) is 17.3 Å². The molecular weight excluding hydrogens is 312 g/mol. The van der Waals surface area contributed by atoms with Crippen LogP contribution in [0.4, 0.5) is 0 Å². The van der Waals surface area contributed by atoms with Gasteiger partial charge in [0, 0.05) is 31.5 Å². The van der Waals surface area contributed by atoms with Gasteiger partial charge in [0.15, 0.2) is 0 Å². The number of ether oxygens (including phenoxy) is 1. The van der Waals surface area contributed by atoms with Crippen LogP contribution in [-0.4, -0.2) is 45.0 Å². The fourth-order valence-electron chi connectivity index (χ4n) is 2.71. The van der Waals surface area contributed by atoms with Crippen molar-refractivity contribution < 1.29 is 9.53 Å². The molecule has 126 valence electrons. The van der Waals surface area contributed by atoms with Crippen molar-refractivity contribution in [1.82, 2.24) is 19.9 Å². The molecule has 0 radical (unpaired) electrons. The summed E-state index contributed by atoms with van der Waals surface area (Å²) in [6.07, 6.45) is 5.02. The van der Waals surface area contributed by atoms with Gasteiger partial charge in [0.2, 0.25) is 0 Å². The van der Waals surface area contributed by atoms with Crippen molar-refractivity contribution in [3.63, 3.8) is 0 Å². The normalized spacial score (nSPS) is 17.7. The lowest BCUT2D eigenvalue weighted by atomic mass is 10.1. The number of rotatable bonds is 4. The van der Waals surface area contributed by atoms with E-state index in [1.807, 2.05) is 17.1 Å². The first kappa shape index (κ1) is 16.1. The maximum Gasteiger partial charge on any atom is 0.326 e. The Kier molecular flexibility index (Phi) is 4.85. The molecule has 1 amide bonds. The Labute approximate surface area is 137 Å². The summed E-state index contributed by atoms with van der Waals surface area (Å²) in [5.74, 6) is -0.368. The van der Waals surface area contributed by atoms with Gasteiger partial charge < -0.3 is 14.6 Å². The van der Waals surface area contributed by atoms with Gasteiger partial charge in [0.25, 0.3) is 11.5 Å². The lowest BCUT2D eigenvalue weighted by molar-refractivity contribution is -0.00699. The quantitative estimate of drug-likeness (QED) is 0.837. The van der Waals surface area contributed by atoms with E-state index in [-0.39, 0.29) is 17.7 Å². The third-order valence-corrected chi connectivity index (χ3v) is 3.86. The Bertz CT molecular complexity index is 786. The maximum absolute atomic E-state index is 12.5. The van der Waals surface area contributed by atoms with E-state index in [2.05, 4.69) is 9.97 Å². The highest BCUT2D eigenvalue weighted by Gasteiger charge is 2.25. The van der Waals surface area contributed by atoms with Crippen molar-refractivity contribution in [1.29, 1.82) is 0 Å². The summed E-state index contributed by atoms with van der Waals surface area (Å²) in [5.41, 5.74) is -0.313. The van der Waals surface area contributed by atoms with Crippen LogP contribution >= 0.6 is 0 Å². The van der Waals surface area contributed by atoms with Crippen molar-refractivity contribution >= 4 is 5.91 Å². The molecule has 1 atom stereocenters. The van der Waals surface area contributed by atoms with E-state index in [0.717, 1.165) is 24.5 Å². The summed E-state index contributed by atoms with van der Waals surface area (Å²) in [6, 6.07) is 4.88. The Hall–Kier alpha value is -2.74. The van der Waals surface area contributed by atoms with Gasteiger partial charge in [0.05, 0.1) is 12.7 Å². The predicted octanol–water partition coefficient (Wildman–Crippen LogP) is 0.280. The molecule has 2 aromatic rings. The summed E-state index contributed by atoms with van der Waals surface area (Å²) in [6.45, 7) is 1.43. The molecule has 8 heteroatoms. The average molecular weight is 330 g/mol. The number of nitrogens with one attached hydrogen (secondary N) is 2. The van der Waals surface area contributed by atoms with Gasteiger partial charge in [0.1, 0.15) is 5.69 Å². The summed E-state index contributed by atoms with van der Waals surface area (Å²) in [5, 5.41) is 0. The monoisotopic (exact) mass is 330 g/mol. The average Bonchev–Trinajstić information content (AvgIpc) is 2.59. The second-order valence-electron chi connectivity index (χ2n) is 5.69. The fourth-order valence-corrected chi connectivity index (χ4v) is 2.71. The number of hydrogen-bond donors (Lipinski definition) is 2. The molecule has 0 spiro atoms. The largest absolute Gasteiger partial charge is 0.372 e. The smallest absolute Gasteiger partial charge is 0.326 e. The zero-order valence-electron chi connectivity index (χ0n) is 13.0. The molecule has 1 unspecified atom stereocenters. The zero-order valence-corrected chi connectivity index (χ0v) is 13.0. The topological polar surface area (TPSA) is 108 Å². The SMILES string of the molecule is O=C(c1cc(=O)[nH]c(=O)[nH]1)N1CCCC(OCc2cccnc2)C1. The fraction of sp³-hybridized carbons (Fsp3) is 0.375. The van der Waals surface area contributed by atoms with E-state index in [1.165, 1.54) is 0 Å². The van der Waals surface area contributed by atoms with Gasteiger partial charge in [-0.1, -0.05) is 6.07 Å². The van der Waals surface area contributed by atoms with Crippen LogP contribution in [0.3, 0.4) is 0 Å². The summed E-state index contributed by atoms with van der Waals surface area (Å²) >= 11 is 0. The second-order valence-corrected chi connectivity index (χ2v) is 5.69. The molecule has 3 heterocycles. The van der Waals surface area contributed by atoms with Gasteiger partial charge in [-0.05, 0) is 24.5 Å². The van der Waals surface area contributed by atoms with Crippen LogP contribution in [0.25, 0.3) is 0 Å². The molecule has 3 rings (SSSR count). The minimum Gasteiger partial charge on any atom is -0.372 e. The molecule has 1 aliphatic rings. The highest BCUT2D eigenvalue weighted by Crippen LogP contribution is 2.16. The minimum absolute atomic E-state index is 0.00309. The van der Waals surface area contributed by atoms with E-state index in [0.29, 0.717) is 19.7 Å². The lowest BCUT2D eigenvalue weighted by Crippen LogP contribution is -2.44. The third kappa shape index (κ3) is 3.96. The van der Waals surface area contributed by atoms with Crippen molar-refractivity contribution in [2.45, 2.75) is 25.6 Å². The van der Waals surface area contributed by atoms with Crippen LogP contribution in [0.5, 0.6) is 0 Å². The molecule has 1 aliphatic heterocycles. The van der Waals surface area contributed by atoms with Crippen molar-refractivity contribution in [2.75, 3.05) is 13.1 Å². The third-order valence-electron chi connectivity index (χ3n) is 3.86. The number of pyridine rings is 1. The van der Waals surface area contributed by atoms with Crippen molar-refractivity contribution in [3.8, 4) is 0 Å². The number of aromatic amines is 2. The predicted molar refractivity (Wildman–Crippen MR) is 85.6 cm³/mol. The van der Waals surface area contributed by atoms with Crippen LogP contribution < -0.4 is 11.2 Å². The highest BCUT2D eigenvalue weighted by molar-refractivity contribution is 5.92. The Balaban J connectivity index is 1.63. The number of piperidine rings is 1. The van der Waals surface area contributed by atoms with Crippen LogP contribution in [0.2, 0.25) is 0 Å². The molecule has 0 aromatic carbocycles. The minimum atomic E-state index is -0.688. The van der Waals surface area contributed by atoms with Gasteiger partial charge in [-0.25, -0.2) is 4.79 Å². The van der Waals surface area contributed by atoms with E-state index in [4.69, 9.17) is 4.74 Å². The van der Waals surface area contributed by atoms with Crippen LogP contribution in [0, 0.1) is 0 Å². The first-order valence-corrected chi connectivity index (χ1v) is 7.75. The van der Waals surface area contributed by atoms with Gasteiger partial charge in [-0.3, -0.25) is 19.6 Å². The van der Waals surface area contributed by atoms with E-state index < -0.39 is 11.2 Å². The Morgan fingerprint density at radius 1 is 1.38 bits per heavy atom. The van der Waals surface area contributed by atoms with Crippen LogP contribution in [-0.2, 0) is 11.3 Å². The van der Waals surface area contributed by atoms with Gasteiger partial charge in [-0.2, -0.15) is 0 Å². The zero-order chi connectivity index (χ0) is 16.9. The Morgan fingerprint density at radius 2 is 2.25 bits per heavy atom. The number of likely N-dealkylation sites (tertiary alicyclic amines) is 1. The Morgan fingerprint density at radius 3 is 3.00 bits per heavy atom. The number of H-pyrrole nitrogens is 2. The maximum atomic E-state index is 12.5. The molecular formula is C16H18N4O4. The molecule has 1 saturated heterocycles. The molecule has 2 N–H and O–H groups in total. The summed E-state index contributed by atoms with van der Waals surface area (Å²) < 4.78 is 5.86. The second kappa shape index (κ2) is 7.22. The van der Waals surface area contributed by atoms with Crippen molar-refractivity contribution in [2.24, 2.45) is 0 Å². The first-order valence-electron chi connectivity index (χ1n) is 7.75. The summed E-state index contributed by atoms with van der Waals surface area (Å²) in [4.78, 5) is 45.2. The molecule has 0 bridgehead atoms. The number of aromatic nitrogens is 3. The molecule has 2 aromatic heterocycles. The number of carbonyl (C=O) groups is 1. The first-order chi connectivity index (χ1) is 11.6. The molecule has 8 nitrogen and oxygen atoms in total. The number of nitrogens with zero attached hydrogens (tertiary/aromatic N) is 2. The molecule has 24 heavy (non-hydrogen) atoms. The van der Waals surface area contributed by atoms with E-state index in [9.17, 15) is 14.4 Å². The standard InChI is InChI=1S/C16H18N4O4/c21-14-7-13(18-16(23)19-14)15(22)20-6-2-4-12(9-20)24-10-11-3-1-5-17-8-11/h1,3,5,7-8,12H,2,4,6,9-10H2,(H2,18,19,21,23). The van der Waals surface area contributed by atoms with Gasteiger partial charge >= 0.3 is 5.69 Å². The molecule has 0 saturated carbocycles. The number of amides is 1. The van der Waals surface area contributed by atoms with Crippen molar-refractivity contribution in [3.05, 3.63) is 62.7 Å². The van der Waals surface area contributed by atoms with Gasteiger partial charge in [-0.15, -0.1) is 0 Å². The summed E-state index contributed by atoms with van der Waals surface area (Å²) in [7, 11) is 0. The lowest BCUT2D eigenvalue weighted by Gasteiger charge is -2.32. The molecule has 1 fully saturated rings. The van der Waals surface area contributed by atoms with E-state index >= 15 is 0 Å². The number of hydrogen-bond acceptors (Lipinski definition) is 5.